The normalized spacial score (nSPS) is 17.9. The molecule has 0 aromatic heterocycles. The first-order chi connectivity index (χ1) is 14.5. The van der Waals surface area contributed by atoms with Gasteiger partial charge in [-0.15, -0.1) is 0 Å². The fourth-order valence-corrected chi connectivity index (χ4v) is 4.32. The molecule has 0 aliphatic carbocycles. The number of anilines is 3. The number of nitrogens with one attached hydrogen (secondary N) is 1. The zero-order valence-corrected chi connectivity index (χ0v) is 17.5. The van der Waals surface area contributed by atoms with Crippen molar-refractivity contribution in [3.63, 3.8) is 0 Å². The summed E-state index contributed by atoms with van der Waals surface area (Å²) in [6, 6.07) is 13.5. The van der Waals surface area contributed by atoms with Crippen molar-refractivity contribution >= 4 is 34.8 Å². The van der Waals surface area contributed by atoms with Crippen LogP contribution in [-0.2, 0) is 27.2 Å². The first kappa shape index (κ1) is 20.1. The largest absolute Gasteiger partial charge is 0.326 e. The number of nitrogens with zero attached hydrogens (tertiary/aromatic N) is 2. The van der Waals surface area contributed by atoms with E-state index in [9.17, 15) is 14.4 Å². The van der Waals surface area contributed by atoms with Gasteiger partial charge in [0.15, 0.2) is 0 Å². The highest BCUT2D eigenvalue weighted by Crippen LogP contribution is 2.34. The van der Waals surface area contributed by atoms with Crippen LogP contribution in [0.15, 0.2) is 42.5 Å². The summed E-state index contributed by atoms with van der Waals surface area (Å²) in [5.41, 5.74) is 4.70. The maximum Gasteiger partial charge on any atom is 0.229 e. The van der Waals surface area contributed by atoms with Gasteiger partial charge in [0.1, 0.15) is 0 Å². The lowest BCUT2D eigenvalue weighted by Gasteiger charge is -2.20. The average molecular weight is 405 g/mol. The molecule has 4 rings (SSSR count). The monoisotopic (exact) mass is 405 g/mol. The van der Waals surface area contributed by atoms with Gasteiger partial charge in [-0.2, -0.15) is 0 Å². The highest BCUT2D eigenvalue weighted by atomic mass is 16.2. The summed E-state index contributed by atoms with van der Waals surface area (Å²) < 4.78 is 0. The fourth-order valence-electron chi connectivity index (χ4n) is 4.32. The zero-order valence-electron chi connectivity index (χ0n) is 17.5. The van der Waals surface area contributed by atoms with Gasteiger partial charge in [-0.05, 0) is 48.2 Å². The predicted molar refractivity (Wildman–Crippen MR) is 118 cm³/mol. The highest BCUT2D eigenvalue weighted by molar-refractivity contribution is 6.04. The van der Waals surface area contributed by atoms with Crippen LogP contribution in [0.2, 0.25) is 0 Å². The molecule has 1 N–H and O–H groups in total. The van der Waals surface area contributed by atoms with Crippen LogP contribution >= 0.6 is 0 Å². The summed E-state index contributed by atoms with van der Waals surface area (Å²) in [4.78, 5) is 41.1. The van der Waals surface area contributed by atoms with Crippen molar-refractivity contribution in [2.24, 2.45) is 5.92 Å². The number of aryl methyl sites for hydroxylation is 1. The van der Waals surface area contributed by atoms with E-state index in [1.165, 1.54) is 0 Å². The van der Waals surface area contributed by atoms with Crippen LogP contribution in [0, 0.1) is 5.92 Å². The Morgan fingerprint density at radius 2 is 1.93 bits per heavy atom. The summed E-state index contributed by atoms with van der Waals surface area (Å²) in [5, 5.41) is 3.00. The van der Waals surface area contributed by atoms with Gasteiger partial charge in [-0.3, -0.25) is 14.4 Å². The summed E-state index contributed by atoms with van der Waals surface area (Å²) >= 11 is 0. The molecule has 3 amide bonds. The van der Waals surface area contributed by atoms with Crippen molar-refractivity contribution in [3.05, 3.63) is 53.6 Å². The van der Waals surface area contributed by atoms with E-state index in [1.54, 1.807) is 4.90 Å². The van der Waals surface area contributed by atoms with Gasteiger partial charge in [-0.25, -0.2) is 0 Å². The maximum absolute atomic E-state index is 12.8. The number of benzene rings is 2. The Hall–Kier alpha value is -3.15. The third kappa shape index (κ3) is 3.70. The Morgan fingerprint density at radius 3 is 2.70 bits per heavy atom. The second kappa shape index (κ2) is 8.30. The molecule has 1 saturated heterocycles. The maximum atomic E-state index is 12.8. The van der Waals surface area contributed by atoms with Crippen molar-refractivity contribution in [2.75, 3.05) is 28.2 Å². The molecular weight excluding hydrogens is 378 g/mol. The van der Waals surface area contributed by atoms with Crippen LogP contribution in [0.3, 0.4) is 0 Å². The highest BCUT2D eigenvalue weighted by Gasteiger charge is 2.36. The summed E-state index contributed by atoms with van der Waals surface area (Å²) in [7, 11) is 0. The van der Waals surface area contributed by atoms with Crippen molar-refractivity contribution < 1.29 is 14.4 Å². The van der Waals surface area contributed by atoms with E-state index in [-0.39, 0.29) is 30.1 Å². The minimum atomic E-state index is -0.381. The molecule has 156 valence electrons. The molecule has 2 aliphatic heterocycles. The molecule has 2 aromatic carbocycles. The molecule has 6 nitrogen and oxygen atoms in total. The zero-order chi connectivity index (χ0) is 21.3. The molecular formula is C24H27N3O3. The molecule has 2 heterocycles. The molecule has 1 fully saturated rings. The molecule has 0 unspecified atom stereocenters. The molecule has 6 heteroatoms. The molecule has 2 aliphatic rings. The van der Waals surface area contributed by atoms with E-state index in [4.69, 9.17) is 0 Å². The van der Waals surface area contributed by atoms with Gasteiger partial charge in [-0.1, -0.05) is 32.0 Å². The van der Waals surface area contributed by atoms with Crippen LogP contribution in [0.25, 0.3) is 0 Å². The second-order valence-electron chi connectivity index (χ2n) is 7.87. The first-order valence-corrected chi connectivity index (χ1v) is 10.6. The Bertz CT molecular complexity index is 1000. The van der Waals surface area contributed by atoms with E-state index in [2.05, 4.69) is 12.2 Å². The third-order valence-corrected chi connectivity index (χ3v) is 6.03. The smallest absolute Gasteiger partial charge is 0.229 e. The Labute approximate surface area is 176 Å². The van der Waals surface area contributed by atoms with Gasteiger partial charge in [0, 0.05) is 43.0 Å². The molecule has 1 atom stereocenters. The number of carbonyl (C=O) groups is 3. The number of fused-ring (bicyclic) bond motifs is 1. The summed E-state index contributed by atoms with van der Waals surface area (Å²) in [6.45, 7) is 4.97. The van der Waals surface area contributed by atoms with E-state index in [0.29, 0.717) is 19.5 Å². The second-order valence-corrected chi connectivity index (χ2v) is 7.87. The van der Waals surface area contributed by atoms with Crippen molar-refractivity contribution in [1.29, 1.82) is 0 Å². The quantitative estimate of drug-likeness (QED) is 0.827. The Morgan fingerprint density at radius 1 is 1.13 bits per heavy atom. The lowest BCUT2D eigenvalue weighted by atomic mass is 10.1. The van der Waals surface area contributed by atoms with Gasteiger partial charge in [0.2, 0.25) is 17.7 Å². The Kier molecular flexibility index (Phi) is 5.57. The average Bonchev–Trinajstić information content (AvgIpc) is 3.36. The molecule has 0 bridgehead atoms. The van der Waals surface area contributed by atoms with Gasteiger partial charge in [0.25, 0.3) is 0 Å². The van der Waals surface area contributed by atoms with Crippen LogP contribution in [0.5, 0.6) is 0 Å². The van der Waals surface area contributed by atoms with Crippen LogP contribution in [-0.4, -0.2) is 30.8 Å². The van der Waals surface area contributed by atoms with Crippen molar-refractivity contribution in [2.45, 2.75) is 39.5 Å². The molecule has 0 saturated carbocycles. The third-order valence-electron chi connectivity index (χ3n) is 6.03. The minimum absolute atomic E-state index is 0.0432. The fraction of sp³-hybridized carbons (Fsp3) is 0.375. The predicted octanol–water partition coefficient (Wildman–Crippen LogP) is 3.54. The van der Waals surface area contributed by atoms with E-state index < -0.39 is 0 Å². The molecule has 30 heavy (non-hydrogen) atoms. The standard InChI is InChI=1S/C24H27N3O3/c1-3-16-7-5-6-8-20(16)25-24(30)18-14-23(29)27(15-18)19-9-10-21-17(13-19)11-12-26(21)22(28)4-2/h5-10,13,18H,3-4,11-12,14-15H2,1-2H3,(H,25,30)/t18-/m0/s1. The van der Waals surface area contributed by atoms with Gasteiger partial charge >= 0.3 is 0 Å². The lowest BCUT2D eigenvalue weighted by Crippen LogP contribution is -2.28. The number of carbonyl (C=O) groups excluding carboxylic acids is 3. The number of para-hydroxylation sites is 1. The van der Waals surface area contributed by atoms with Crippen LogP contribution in [0.4, 0.5) is 17.1 Å². The van der Waals surface area contributed by atoms with Gasteiger partial charge in [0.05, 0.1) is 5.92 Å². The summed E-state index contributed by atoms with van der Waals surface area (Å²) in [6.07, 6.45) is 2.30. The van der Waals surface area contributed by atoms with E-state index in [0.717, 1.165) is 41.0 Å². The van der Waals surface area contributed by atoms with Crippen molar-refractivity contribution in [1.82, 2.24) is 0 Å². The minimum Gasteiger partial charge on any atom is -0.326 e. The summed E-state index contributed by atoms with van der Waals surface area (Å²) in [5.74, 6) is -0.428. The SMILES string of the molecule is CCC(=O)N1CCc2cc(N3C[C@@H](C(=O)Nc4ccccc4CC)CC3=O)ccc21. The van der Waals surface area contributed by atoms with Crippen LogP contribution < -0.4 is 15.1 Å². The van der Waals surface area contributed by atoms with E-state index >= 15 is 0 Å². The number of rotatable bonds is 5. The van der Waals surface area contributed by atoms with Crippen LogP contribution in [0.1, 0.15) is 37.8 Å². The Balaban J connectivity index is 1.48. The topological polar surface area (TPSA) is 69.7 Å². The lowest BCUT2D eigenvalue weighted by molar-refractivity contribution is -0.122. The molecule has 2 aromatic rings. The number of hydrogen-bond donors (Lipinski definition) is 1. The van der Waals surface area contributed by atoms with Gasteiger partial charge < -0.3 is 15.1 Å². The van der Waals surface area contributed by atoms with Crippen molar-refractivity contribution in [3.8, 4) is 0 Å². The van der Waals surface area contributed by atoms with E-state index in [1.807, 2.05) is 54.3 Å². The number of amides is 3. The first-order valence-electron chi connectivity index (χ1n) is 10.6. The number of hydrogen-bond acceptors (Lipinski definition) is 3. The molecule has 0 radical (unpaired) electrons. The molecule has 0 spiro atoms.